The molecule has 1 saturated carbocycles. The second-order valence-corrected chi connectivity index (χ2v) is 5.78. The number of rotatable bonds is 6. The first kappa shape index (κ1) is 14.5. The molecule has 0 aliphatic heterocycles. The van der Waals surface area contributed by atoms with Gasteiger partial charge in [0.25, 0.3) is 0 Å². The van der Waals surface area contributed by atoms with Gasteiger partial charge in [0.1, 0.15) is 5.54 Å². The Morgan fingerprint density at radius 3 is 2.76 bits per heavy atom. The van der Waals surface area contributed by atoms with Crippen LogP contribution >= 0.6 is 0 Å². The van der Waals surface area contributed by atoms with E-state index in [-0.39, 0.29) is 5.54 Å². The number of hydrogen-bond acceptors (Lipinski definition) is 3. The van der Waals surface area contributed by atoms with E-state index in [1.54, 1.807) is 0 Å². The van der Waals surface area contributed by atoms with Crippen molar-refractivity contribution in [2.75, 3.05) is 20.1 Å². The van der Waals surface area contributed by atoms with Crippen LogP contribution in [0.1, 0.15) is 46.5 Å². The molecule has 0 aromatic heterocycles. The van der Waals surface area contributed by atoms with Crippen LogP contribution in [0.4, 0.5) is 0 Å². The molecule has 1 fully saturated rings. The maximum absolute atomic E-state index is 9.33. The summed E-state index contributed by atoms with van der Waals surface area (Å²) in [6.45, 7) is 8.64. The molecular weight excluding hydrogens is 210 g/mol. The number of nitrogens with zero attached hydrogens (tertiary/aromatic N) is 2. The normalized spacial score (nSPS) is 28.9. The Kier molecular flexibility index (Phi) is 5.42. The van der Waals surface area contributed by atoms with Gasteiger partial charge in [0, 0.05) is 6.04 Å². The van der Waals surface area contributed by atoms with Crippen LogP contribution in [0, 0.1) is 17.2 Å². The van der Waals surface area contributed by atoms with E-state index in [0.29, 0.717) is 6.04 Å². The zero-order valence-electron chi connectivity index (χ0n) is 11.8. The fourth-order valence-electron chi connectivity index (χ4n) is 2.68. The maximum atomic E-state index is 9.33. The van der Waals surface area contributed by atoms with Crippen LogP contribution in [0.25, 0.3) is 0 Å². The first-order valence-electron chi connectivity index (χ1n) is 6.89. The first-order valence-corrected chi connectivity index (χ1v) is 6.89. The minimum absolute atomic E-state index is 0.258. The molecule has 3 heteroatoms. The Balaban J connectivity index is 2.46. The largest absolute Gasteiger partial charge is 0.303 e. The second-order valence-electron chi connectivity index (χ2n) is 5.78. The van der Waals surface area contributed by atoms with Gasteiger partial charge in [-0.3, -0.25) is 5.32 Å². The average molecular weight is 237 g/mol. The third-order valence-corrected chi connectivity index (χ3v) is 3.90. The van der Waals surface area contributed by atoms with E-state index in [0.717, 1.165) is 38.3 Å². The molecule has 1 aliphatic rings. The molecule has 0 radical (unpaired) electrons. The van der Waals surface area contributed by atoms with Crippen molar-refractivity contribution in [1.29, 1.82) is 5.26 Å². The molecular formula is C14H27N3. The monoisotopic (exact) mass is 237 g/mol. The quantitative estimate of drug-likeness (QED) is 0.771. The summed E-state index contributed by atoms with van der Waals surface area (Å²) in [5.74, 6) is 0.758. The summed E-state index contributed by atoms with van der Waals surface area (Å²) in [6.07, 6.45) is 4.36. The van der Waals surface area contributed by atoms with E-state index in [1.807, 2.05) is 0 Å². The molecule has 2 unspecified atom stereocenters. The van der Waals surface area contributed by atoms with E-state index in [9.17, 15) is 5.26 Å². The predicted molar refractivity (Wildman–Crippen MR) is 71.7 cm³/mol. The van der Waals surface area contributed by atoms with Crippen molar-refractivity contribution in [3.63, 3.8) is 0 Å². The van der Waals surface area contributed by atoms with Crippen LogP contribution in [0.15, 0.2) is 0 Å². The van der Waals surface area contributed by atoms with Crippen LogP contribution < -0.4 is 5.32 Å². The summed E-state index contributed by atoms with van der Waals surface area (Å²) in [5, 5.41) is 12.7. The Labute approximate surface area is 106 Å². The highest BCUT2D eigenvalue weighted by molar-refractivity contribution is 5.13. The average Bonchev–Trinajstić information content (AvgIpc) is 2.71. The van der Waals surface area contributed by atoms with Crippen molar-refractivity contribution in [3.05, 3.63) is 0 Å². The number of nitrogens with one attached hydrogen (secondary N) is 1. The lowest BCUT2D eigenvalue weighted by atomic mass is 9.99. The molecule has 2 atom stereocenters. The molecule has 17 heavy (non-hydrogen) atoms. The van der Waals surface area contributed by atoms with Crippen molar-refractivity contribution in [1.82, 2.24) is 10.2 Å². The highest BCUT2D eigenvalue weighted by Gasteiger charge is 2.39. The molecule has 98 valence electrons. The molecule has 0 heterocycles. The lowest BCUT2D eigenvalue weighted by molar-refractivity contribution is 0.224. The van der Waals surface area contributed by atoms with Gasteiger partial charge in [-0.05, 0) is 51.7 Å². The topological polar surface area (TPSA) is 39.1 Å². The van der Waals surface area contributed by atoms with Crippen molar-refractivity contribution >= 4 is 0 Å². The minimum atomic E-state index is -0.258. The molecule has 0 aromatic rings. The van der Waals surface area contributed by atoms with E-state index in [1.165, 1.54) is 6.42 Å². The van der Waals surface area contributed by atoms with Crippen molar-refractivity contribution in [2.24, 2.45) is 5.92 Å². The van der Waals surface area contributed by atoms with E-state index < -0.39 is 0 Å². The fraction of sp³-hybridized carbons (Fsp3) is 0.929. The molecule has 0 saturated heterocycles. The lowest BCUT2D eigenvalue weighted by Crippen LogP contribution is -2.43. The van der Waals surface area contributed by atoms with Gasteiger partial charge in [-0.25, -0.2) is 0 Å². The molecule has 0 bridgehead atoms. The highest BCUT2D eigenvalue weighted by Crippen LogP contribution is 2.32. The van der Waals surface area contributed by atoms with Gasteiger partial charge in [0.05, 0.1) is 6.07 Å². The molecule has 1 aliphatic carbocycles. The van der Waals surface area contributed by atoms with Crippen molar-refractivity contribution < 1.29 is 0 Å². The molecule has 3 nitrogen and oxygen atoms in total. The van der Waals surface area contributed by atoms with Crippen LogP contribution in [0.2, 0.25) is 0 Å². The van der Waals surface area contributed by atoms with Gasteiger partial charge in [-0.1, -0.05) is 20.8 Å². The third-order valence-electron chi connectivity index (χ3n) is 3.90. The molecule has 0 amide bonds. The smallest absolute Gasteiger partial charge is 0.108 e. The summed E-state index contributed by atoms with van der Waals surface area (Å²) >= 11 is 0. The summed E-state index contributed by atoms with van der Waals surface area (Å²) < 4.78 is 0. The number of hydrogen-bond donors (Lipinski definition) is 1. The SMILES string of the molecule is CCNC1(C#N)CCC(N(C)CCC(C)C)C1. The third kappa shape index (κ3) is 3.97. The van der Waals surface area contributed by atoms with Crippen molar-refractivity contribution in [3.8, 4) is 6.07 Å². The van der Waals surface area contributed by atoms with E-state index >= 15 is 0 Å². The van der Waals surface area contributed by atoms with Crippen molar-refractivity contribution in [2.45, 2.75) is 58.0 Å². The Morgan fingerprint density at radius 2 is 2.24 bits per heavy atom. The fourth-order valence-corrected chi connectivity index (χ4v) is 2.68. The number of nitriles is 1. The van der Waals surface area contributed by atoms with E-state index in [4.69, 9.17) is 0 Å². The minimum Gasteiger partial charge on any atom is -0.303 e. The molecule has 1 N–H and O–H groups in total. The van der Waals surface area contributed by atoms with Crippen LogP contribution in [0.3, 0.4) is 0 Å². The van der Waals surface area contributed by atoms with Gasteiger partial charge < -0.3 is 4.90 Å². The first-order chi connectivity index (χ1) is 8.03. The Bertz CT molecular complexity index is 269. The van der Waals surface area contributed by atoms with Gasteiger partial charge >= 0.3 is 0 Å². The Hall–Kier alpha value is -0.590. The zero-order valence-corrected chi connectivity index (χ0v) is 11.8. The van der Waals surface area contributed by atoms with Gasteiger partial charge in [0.2, 0.25) is 0 Å². The molecule has 0 aromatic carbocycles. The summed E-state index contributed by atoms with van der Waals surface area (Å²) in [4.78, 5) is 2.44. The standard InChI is InChI=1S/C14H27N3/c1-5-16-14(11-15)8-6-13(10-14)17(4)9-7-12(2)3/h12-13,16H,5-10H2,1-4H3. The summed E-state index contributed by atoms with van der Waals surface area (Å²) in [7, 11) is 2.20. The van der Waals surface area contributed by atoms with Gasteiger partial charge in [0.15, 0.2) is 0 Å². The zero-order chi connectivity index (χ0) is 12.9. The maximum Gasteiger partial charge on any atom is 0.108 e. The molecule has 1 rings (SSSR count). The predicted octanol–water partition coefficient (Wildman–Crippen LogP) is 2.39. The Morgan fingerprint density at radius 1 is 1.53 bits per heavy atom. The highest BCUT2D eigenvalue weighted by atomic mass is 15.1. The lowest BCUT2D eigenvalue weighted by Gasteiger charge is -2.27. The van der Waals surface area contributed by atoms with Crippen LogP contribution in [0.5, 0.6) is 0 Å². The molecule has 0 spiro atoms. The van der Waals surface area contributed by atoms with Gasteiger partial charge in [-0.15, -0.1) is 0 Å². The van der Waals surface area contributed by atoms with Crippen LogP contribution in [-0.2, 0) is 0 Å². The van der Waals surface area contributed by atoms with Crippen LogP contribution in [-0.4, -0.2) is 36.6 Å². The van der Waals surface area contributed by atoms with E-state index in [2.05, 4.69) is 44.1 Å². The summed E-state index contributed by atoms with van der Waals surface area (Å²) in [5.41, 5.74) is -0.258. The second kappa shape index (κ2) is 6.37. The summed E-state index contributed by atoms with van der Waals surface area (Å²) in [6, 6.07) is 3.07. The van der Waals surface area contributed by atoms with Gasteiger partial charge in [-0.2, -0.15) is 5.26 Å².